The first-order chi connectivity index (χ1) is 14.9. The van der Waals surface area contributed by atoms with Crippen molar-refractivity contribution in [3.8, 4) is 0 Å². The van der Waals surface area contributed by atoms with Gasteiger partial charge in [0.25, 0.3) is 10.9 Å². The molecule has 2 aromatic rings. The summed E-state index contributed by atoms with van der Waals surface area (Å²) < 4.78 is 13.3. The number of piperidine rings is 1. The van der Waals surface area contributed by atoms with E-state index in [0.29, 0.717) is 35.4 Å². The molecule has 0 aromatic heterocycles. The van der Waals surface area contributed by atoms with Gasteiger partial charge in [0.15, 0.2) is 0 Å². The molecule has 7 heteroatoms. The van der Waals surface area contributed by atoms with Crippen LogP contribution in [0.3, 0.4) is 0 Å². The molecule has 6 nitrogen and oxygen atoms in total. The van der Waals surface area contributed by atoms with E-state index in [0.717, 1.165) is 51.6 Å². The highest BCUT2D eigenvalue weighted by Gasteiger charge is 2.30. The summed E-state index contributed by atoms with van der Waals surface area (Å²) in [6, 6.07) is 5.93. The third kappa shape index (κ3) is 4.81. The lowest BCUT2D eigenvalue weighted by Crippen LogP contribution is -2.45. The number of nitrogens with zero attached hydrogens (tertiary/aromatic N) is 1. The first-order valence-electron chi connectivity index (χ1n) is 11.3. The Hall–Kier alpha value is -2.70. The minimum atomic E-state index is -0.406. The van der Waals surface area contributed by atoms with Crippen molar-refractivity contribution in [1.82, 2.24) is 0 Å². The smallest absolute Gasteiger partial charge is 0.253 e. The number of carbonyl (C=O) groups is 1. The number of nitrogens with one attached hydrogen (secondary N) is 2. The molecule has 2 aromatic carbocycles. The van der Waals surface area contributed by atoms with Gasteiger partial charge in [-0.15, -0.1) is 0 Å². The molecule has 1 aliphatic carbocycles. The second kappa shape index (κ2) is 9.20. The first kappa shape index (κ1) is 21.5. The fraction of sp³-hybridized carbons (Fsp3) is 0.542. The van der Waals surface area contributed by atoms with Gasteiger partial charge in [0.05, 0.1) is 0 Å². The Labute approximate surface area is 181 Å². The molecule has 2 N–H and O–H groups in total. The molecule has 2 aliphatic rings. The molecular formula is C24H30FN3O3. The Morgan fingerprint density at radius 1 is 1.06 bits per heavy atom. The molecule has 4 rings (SSSR count). The molecule has 0 atom stereocenters. The van der Waals surface area contributed by atoms with E-state index in [4.69, 9.17) is 0 Å². The molecule has 1 saturated carbocycles. The van der Waals surface area contributed by atoms with Crippen LogP contribution in [0.2, 0.25) is 0 Å². The van der Waals surface area contributed by atoms with Crippen molar-refractivity contribution in [3.05, 3.63) is 50.5 Å². The zero-order valence-electron chi connectivity index (χ0n) is 18.0. The summed E-state index contributed by atoms with van der Waals surface area (Å²) in [6.07, 6.45) is 5.35. The van der Waals surface area contributed by atoms with Crippen LogP contribution in [-0.2, 0) is 4.79 Å². The van der Waals surface area contributed by atoms with Crippen molar-refractivity contribution in [1.29, 1.82) is 0 Å². The highest BCUT2D eigenvalue weighted by molar-refractivity contribution is 5.92. The van der Waals surface area contributed by atoms with Crippen molar-refractivity contribution in [2.24, 2.45) is 17.8 Å². The topological polar surface area (TPSA) is 78.5 Å². The Balaban J connectivity index is 1.26. The fourth-order valence-corrected chi connectivity index (χ4v) is 4.76. The summed E-state index contributed by atoms with van der Waals surface area (Å²) in [5, 5.41) is 6.05. The van der Waals surface area contributed by atoms with Crippen LogP contribution in [0.15, 0.2) is 33.9 Å². The molecule has 1 amide bonds. The summed E-state index contributed by atoms with van der Waals surface area (Å²) >= 11 is 0. The van der Waals surface area contributed by atoms with Gasteiger partial charge in [-0.25, -0.2) is 4.39 Å². The molecule has 1 saturated heterocycles. The van der Waals surface area contributed by atoms with Crippen LogP contribution < -0.4 is 26.4 Å². The van der Waals surface area contributed by atoms with Crippen molar-refractivity contribution in [2.75, 3.05) is 35.2 Å². The Morgan fingerprint density at radius 2 is 1.77 bits per heavy atom. The molecule has 166 valence electrons. The van der Waals surface area contributed by atoms with Gasteiger partial charge in [-0.05, 0) is 68.6 Å². The van der Waals surface area contributed by atoms with Gasteiger partial charge in [-0.2, -0.15) is 0 Å². The quantitative estimate of drug-likeness (QED) is 0.690. The summed E-state index contributed by atoms with van der Waals surface area (Å²) in [5.41, 5.74) is 0.755. The molecule has 1 heterocycles. The van der Waals surface area contributed by atoms with E-state index in [1.807, 2.05) is 0 Å². The van der Waals surface area contributed by atoms with Gasteiger partial charge in [0, 0.05) is 31.2 Å². The number of rotatable bonds is 6. The minimum Gasteiger partial charge on any atom is -0.380 e. The third-order valence-electron chi connectivity index (χ3n) is 6.86. The predicted octanol–water partition coefficient (Wildman–Crippen LogP) is 3.52. The van der Waals surface area contributed by atoms with Gasteiger partial charge in [0.2, 0.25) is 5.91 Å². The third-order valence-corrected chi connectivity index (χ3v) is 6.86. The van der Waals surface area contributed by atoms with Crippen molar-refractivity contribution in [2.45, 2.75) is 45.4 Å². The van der Waals surface area contributed by atoms with Crippen LogP contribution in [0.25, 0.3) is 0 Å². The van der Waals surface area contributed by atoms with E-state index in [1.165, 1.54) is 12.1 Å². The summed E-state index contributed by atoms with van der Waals surface area (Å²) in [6.45, 7) is 4.51. The van der Waals surface area contributed by atoms with E-state index in [-0.39, 0.29) is 23.1 Å². The number of amides is 1. The molecule has 0 spiro atoms. The molecule has 0 unspecified atom stereocenters. The maximum atomic E-state index is 13.3. The van der Waals surface area contributed by atoms with E-state index in [1.54, 1.807) is 12.1 Å². The second-order valence-corrected chi connectivity index (χ2v) is 9.15. The number of anilines is 3. The molecule has 1 aliphatic heterocycles. The van der Waals surface area contributed by atoms with Gasteiger partial charge >= 0.3 is 0 Å². The van der Waals surface area contributed by atoms with Crippen LogP contribution in [0.4, 0.5) is 21.5 Å². The highest BCUT2D eigenvalue weighted by Crippen LogP contribution is 2.31. The molecule has 0 bridgehead atoms. The predicted molar refractivity (Wildman–Crippen MR) is 121 cm³/mol. The van der Waals surface area contributed by atoms with E-state index < -0.39 is 5.43 Å². The lowest BCUT2D eigenvalue weighted by Gasteiger charge is -2.34. The molecular weight excluding hydrogens is 397 g/mol. The maximum absolute atomic E-state index is 13.3. The summed E-state index contributed by atoms with van der Waals surface area (Å²) in [5.74, 6) is 0.492. The molecule has 0 radical (unpaired) electrons. The standard InChI is InChI=1S/C24H30FN3O3/c1-15-9-11-28(12-10-15)21-20(22(29)23(21)30)26-14-16-5-7-17(8-6-16)24(31)27-19-4-2-3-18(25)13-19/h2-4,13,15-17,26H,5-12,14H2,1H3,(H,27,31). The van der Waals surface area contributed by atoms with Gasteiger partial charge in [0.1, 0.15) is 17.2 Å². The number of benzene rings is 1. The summed E-state index contributed by atoms with van der Waals surface area (Å²) in [7, 11) is 0. The van der Waals surface area contributed by atoms with Crippen molar-refractivity contribution < 1.29 is 9.18 Å². The highest BCUT2D eigenvalue weighted by atomic mass is 19.1. The zero-order valence-corrected chi connectivity index (χ0v) is 18.0. The zero-order chi connectivity index (χ0) is 22.0. The summed E-state index contributed by atoms with van der Waals surface area (Å²) in [4.78, 5) is 38.8. The van der Waals surface area contributed by atoms with Crippen LogP contribution in [0.1, 0.15) is 45.4 Å². The van der Waals surface area contributed by atoms with Crippen LogP contribution in [0, 0.1) is 23.6 Å². The van der Waals surface area contributed by atoms with Gasteiger partial charge in [-0.1, -0.05) is 13.0 Å². The average Bonchev–Trinajstić information content (AvgIpc) is 2.77. The monoisotopic (exact) mass is 427 g/mol. The Bertz CT molecular complexity index is 998. The normalized spacial score (nSPS) is 22.5. The average molecular weight is 428 g/mol. The maximum Gasteiger partial charge on any atom is 0.253 e. The van der Waals surface area contributed by atoms with E-state index in [9.17, 15) is 18.8 Å². The van der Waals surface area contributed by atoms with E-state index >= 15 is 0 Å². The Morgan fingerprint density at radius 3 is 2.45 bits per heavy atom. The number of halogens is 1. The molecule has 2 fully saturated rings. The first-order valence-corrected chi connectivity index (χ1v) is 11.3. The SMILES string of the molecule is CC1CCN(c2c(NCC3CCC(C(=O)Nc4cccc(F)c4)CC3)c(=O)c2=O)CC1. The number of hydrogen-bond acceptors (Lipinski definition) is 5. The van der Waals surface area contributed by atoms with Gasteiger partial charge < -0.3 is 15.5 Å². The number of hydrogen-bond donors (Lipinski definition) is 2. The van der Waals surface area contributed by atoms with Crippen LogP contribution in [0.5, 0.6) is 0 Å². The van der Waals surface area contributed by atoms with Crippen molar-refractivity contribution in [3.63, 3.8) is 0 Å². The molecule has 31 heavy (non-hydrogen) atoms. The van der Waals surface area contributed by atoms with Crippen molar-refractivity contribution >= 4 is 23.0 Å². The van der Waals surface area contributed by atoms with Crippen LogP contribution >= 0.6 is 0 Å². The lowest BCUT2D eigenvalue weighted by atomic mass is 9.81. The number of carbonyl (C=O) groups excluding carboxylic acids is 1. The minimum absolute atomic E-state index is 0.0684. The Kier molecular flexibility index (Phi) is 6.39. The lowest BCUT2D eigenvalue weighted by molar-refractivity contribution is -0.121. The van der Waals surface area contributed by atoms with E-state index in [2.05, 4.69) is 22.5 Å². The van der Waals surface area contributed by atoms with Crippen LogP contribution in [-0.4, -0.2) is 25.5 Å². The second-order valence-electron chi connectivity index (χ2n) is 9.15. The largest absolute Gasteiger partial charge is 0.380 e. The fourth-order valence-electron chi connectivity index (χ4n) is 4.76. The van der Waals surface area contributed by atoms with Gasteiger partial charge in [-0.3, -0.25) is 14.4 Å².